The highest BCUT2D eigenvalue weighted by Crippen LogP contribution is 2.33. The first kappa shape index (κ1) is 25.5. The third kappa shape index (κ3) is 5.87. The van der Waals surface area contributed by atoms with Crippen LogP contribution in [0.15, 0.2) is 60.7 Å². The molecule has 0 aliphatic carbocycles. The molecule has 182 valence electrons. The van der Waals surface area contributed by atoms with Crippen molar-refractivity contribution in [3.8, 4) is 11.1 Å². The van der Waals surface area contributed by atoms with Gasteiger partial charge in [-0.25, -0.2) is 0 Å². The molecule has 3 rings (SSSR count). The molecular formula is C26H23F3N2O4. The number of benzene rings is 3. The molecule has 2 amide bonds. The number of amides is 2. The number of carboxylic acid groups (broad SMARTS) is 1. The van der Waals surface area contributed by atoms with E-state index in [2.05, 4.69) is 5.32 Å². The van der Waals surface area contributed by atoms with Crippen molar-refractivity contribution >= 4 is 23.5 Å². The number of halogens is 3. The van der Waals surface area contributed by atoms with E-state index < -0.39 is 29.5 Å². The maximum Gasteiger partial charge on any atom is 0.416 e. The summed E-state index contributed by atoms with van der Waals surface area (Å²) in [6.07, 6.45) is -4.77. The minimum Gasteiger partial charge on any atom is -0.481 e. The van der Waals surface area contributed by atoms with E-state index in [0.29, 0.717) is 22.3 Å². The Morgan fingerprint density at radius 3 is 2.17 bits per heavy atom. The zero-order valence-corrected chi connectivity index (χ0v) is 19.2. The SMILES string of the molecule is Cc1cccc(C(=O)Nc2ccc(CC(=O)O)cc2C(=O)N(C)C)c1-c1ccc(C(F)(F)F)cc1. The van der Waals surface area contributed by atoms with Gasteiger partial charge in [0.15, 0.2) is 0 Å². The Labute approximate surface area is 200 Å². The van der Waals surface area contributed by atoms with Crippen LogP contribution in [-0.4, -0.2) is 41.9 Å². The molecule has 0 radical (unpaired) electrons. The number of nitrogens with zero attached hydrogens (tertiary/aromatic N) is 1. The van der Waals surface area contributed by atoms with E-state index in [1.807, 2.05) is 0 Å². The predicted molar refractivity (Wildman–Crippen MR) is 125 cm³/mol. The molecule has 0 aliphatic rings. The number of carbonyl (C=O) groups excluding carboxylic acids is 2. The molecule has 0 aliphatic heterocycles. The molecule has 0 aromatic heterocycles. The van der Waals surface area contributed by atoms with Crippen molar-refractivity contribution in [2.75, 3.05) is 19.4 Å². The average Bonchev–Trinajstić information content (AvgIpc) is 2.78. The molecule has 0 atom stereocenters. The third-order valence-electron chi connectivity index (χ3n) is 5.34. The number of hydrogen-bond acceptors (Lipinski definition) is 3. The lowest BCUT2D eigenvalue weighted by Gasteiger charge is -2.18. The summed E-state index contributed by atoms with van der Waals surface area (Å²) in [5.74, 6) is -2.06. The molecule has 2 N–H and O–H groups in total. The van der Waals surface area contributed by atoms with Gasteiger partial charge in [0.25, 0.3) is 11.8 Å². The number of alkyl halides is 3. The minimum atomic E-state index is -4.48. The van der Waals surface area contributed by atoms with Crippen molar-refractivity contribution in [3.63, 3.8) is 0 Å². The first-order chi connectivity index (χ1) is 16.4. The van der Waals surface area contributed by atoms with E-state index in [4.69, 9.17) is 5.11 Å². The fraction of sp³-hybridized carbons (Fsp3) is 0.192. The Morgan fingerprint density at radius 1 is 0.943 bits per heavy atom. The summed E-state index contributed by atoms with van der Waals surface area (Å²) in [4.78, 5) is 38.4. The minimum absolute atomic E-state index is 0.117. The fourth-order valence-corrected chi connectivity index (χ4v) is 3.66. The van der Waals surface area contributed by atoms with E-state index in [1.165, 1.54) is 49.3 Å². The van der Waals surface area contributed by atoms with Crippen LogP contribution in [0.1, 0.15) is 37.4 Å². The molecule has 0 heterocycles. The molecule has 0 saturated heterocycles. The van der Waals surface area contributed by atoms with Crippen molar-refractivity contribution < 1.29 is 32.7 Å². The molecule has 3 aromatic carbocycles. The Kier molecular flexibility index (Phi) is 7.28. The number of carbonyl (C=O) groups is 3. The Bertz CT molecular complexity index is 1280. The van der Waals surface area contributed by atoms with Crippen molar-refractivity contribution in [2.24, 2.45) is 0 Å². The van der Waals surface area contributed by atoms with Gasteiger partial charge in [0.2, 0.25) is 0 Å². The maximum absolute atomic E-state index is 13.3. The lowest BCUT2D eigenvalue weighted by atomic mass is 9.93. The molecule has 0 unspecified atom stereocenters. The highest BCUT2D eigenvalue weighted by molar-refractivity contribution is 6.12. The normalized spacial score (nSPS) is 11.1. The van der Waals surface area contributed by atoms with Gasteiger partial charge in [-0.1, -0.05) is 30.3 Å². The number of aryl methyl sites for hydroxylation is 1. The number of rotatable bonds is 6. The van der Waals surface area contributed by atoms with E-state index in [1.54, 1.807) is 25.1 Å². The smallest absolute Gasteiger partial charge is 0.416 e. The largest absolute Gasteiger partial charge is 0.481 e. The molecule has 9 heteroatoms. The lowest BCUT2D eigenvalue weighted by Crippen LogP contribution is -2.24. The predicted octanol–water partition coefficient (Wildman–Crippen LogP) is 5.26. The van der Waals surface area contributed by atoms with Gasteiger partial charge in [0, 0.05) is 19.7 Å². The van der Waals surface area contributed by atoms with Crippen molar-refractivity contribution in [1.29, 1.82) is 0 Å². The van der Waals surface area contributed by atoms with E-state index >= 15 is 0 Å². The van der Waals surface area contributed by atoms with Gasteiger partial charge in [-0.3, -0.25) is 14.4 Å². The summed E-state index contributed by atoms with van der Waals surface area (Å²) < 4.78 is 38.9. The van der Waals surface area contributed by atoms with Crippen LogP contribution >= 0.6 is 0 Å². The standard InChI is InChI=1S/C26H23F3N2O4/c1-15-5-4-6-19(23(15)17-8-10-18(11-9-17)26(27,28)29)24(34)30-21-12-7-16(14-22(32)33)13-20(21)25(35)31(2)3/h4-13H,14H2,1-3H3,(H,30,34)(H,32,33). The second-order valence-electron chi connectivity index (χ2n) is 8.18. The number of hydrogen-bond donors (Lipinski definition) is 2. The van der Waals surface area contributed by atoms with Crippen LogP contribution in [0, 0.1) is 6.92 Å². The highest BCUT2D eigenvalue weighted by atomic mass is 19.4. The monoisotopic (exact) mass is 484 g/mol. The zero-order chi connectivity index (χ0) is 25.9. The number of aliphatic carboxylic acids is 1. The molecule has 6 nitrogen and oxygen atoms in total. The molecule has 0 bridgehead atoms. The first-order valence-electron chi connectivity index (χ1n) is 10.5. The van der Waals surface area contributed by atoms with E-state index in [9.17, 15) is 27.6 Å². The number of nitrogens with one attached hydrogen (secondary N) is 1. The zero-order valence-electron chi connectivity index (χ0n) is 19.2. The summed E-state index contributed by atoms with van der Waals surface area (Å²) in [6.45, 7) is 1.74. The Hall–Kier alpha value is -4.14. The first-order valence-corrected chi connectivity index (χ1v) is 10.5. The molecule has 0 spiro atoms. The van der Waals surface area contributed by atoms with Crippen LogP contribution in [-0.2, 0) is 17.4 Å². The van der Waals surface area contributed by atoms with Gasteiger partial charge < -0.3 is 15.3 Å². The highest BCUT2D eigenvalue weighted by Gasteiger charge is 2.30. The van der Waals surface area contributed by atoms with Crippen molar-refractivity contribution in [1.82, 2.24) is 4.90 Å². The van der Waals surface area contributed by atoms with Crippen LogP contribution in [0.2, 0.25) is 0 Å². The summed E-state index contributed by atoms with van der Waals surface area (Å²) >= 11 is 0. The van der Waals surface area contributed by atoms with E-state index in [-0.39, 0.29) is 23.2 Å². The third-order valence-corrected chi connectivity index (χ3v) is 5.34. The van der Waals surface area contributed by atoms with Crippen LogP contribution in [0.5, 0.6) is 0 Å². The summed E-state index contributed by atoms with van der Waals surface area (Å²) in [6, 6.07) is 13.8. The van der Waals surface area contributed by atoms with Crippen molar-refractivity contribution in [3.05, 3.63) is 88.5 Å². The van der Waals surface area contributed by atoms with Crippen LogP contribution < -0.4 is 5.32 Å². The Balaban J connectivity index is 2.02. The molecule has 35 heavy (non-hydrogen) atoms. The second kappa shape index (κ2) is 10.0. The summed E-state index contributed by atoms with van der Waals surface area (Å²) in [5.41, 5.74) is 1.68. The molecule has 0 fully saturated rings. The topological polar surface area (TPSA) is 86.7 Å². The van der Waals surface area contributed by atoms with Gasteiger partial charge in [-0.15, -0.1) is 0 Å². The quantitative estimate of drug-likeness (QED) is 0.500. The Morgan fingerprint density at radius 2 is 1.60 bits per heavy atom. The molecule has 0 saturated carbocycles. The van der Waals surface area contributed by atoms with E-state index in [0.717, 1.165) is 12.1 Å². The van der Waals surface area contributed by atoms with Crippen LogP contribution in [0.3, 0.4) is 0 Å². The maximum atomic E-state index is 13.3. The fourth-order valence-electron chi connectivity index (χ4n) is 3.66. The number of carboxylic acids is 1. The van der Waals surface area contributed by atoms with Gasteiger partial charge >= 0.3 is 12.1 Å². The van der Waals surface area contributed by atoms with Crippen LogP contribution in [0.25, 0.3) is 11.1 Å². The van der Waals surface area contributed by atoms with Gasteiger partial charge in [-0.05, 0) is 59.5 Å². The summed E-state index contributed by atoms with van der Waals surface area (Å²) in [5, 5.41) is 11.8. The molecule has 3 aromatic rings. The molecular weight excluding hydrogens is 461 g/mol. The van der Waals surface area contributed by atoms with Gasteiger partial charge in [0.1, 0.15) is 0 Å². The van der Waals surface area contributed by atoms with Crippen LogP contribution in [0.4, 0.5) is 18.9 Å². The van der Waals surface area contributed by atoms with Gasteiger partial charge in [0.05, 0.1) is 23.2 Å². The average molecular weight is 484 g/mol. The number of anilines is 1. The van der Waals surface area contributed by atoms with Crippen molar-refractivity contribution in [2.45, 2.75) is 19.5 Å². The summed E-state index contributed by atoms with van der Waals surface area (Å²) in [7, 11) is 3.06. The van der Waals surface area contributed by atoms with Gasteiger partial charge in [-0.2, -0.15) is 13.2 Å². The lowest BCUT2D eigenvalue weighted by molar-refractivity contribution is -0.138. The second-order valence-corrected chi connectivity index (χ2v) is 8.18.